The van der Waals surface area contributed by atoms with Crippen molar-refractivity contribution >= 4 is 23.4 Å². The van der Waals surface area contributed by atoms with Crippen LogP contribution in [0.1, 0.15) is 6.92 Å². The Kier molecular flexibility index (Phi) is 5.17. The molecule has 0 aliphatic rings. The van der Waals surface area contributed by atoms with E-state index in [0.717, 1.165) is 16.4 Å². The fourth-order valence-electron chi connectivity index (χ4n) is 2.21. The van der Waals surface area contributed by atoms with E-state index in [1.54, 1.807) is 25.1 Å². The van der Waals surface area contributed by atoms with E-state index in [2.05, 4.69) is 15.5 Å². The van der Waals surface area contributed by atoms with Gasteiger partial charge in [0.2, 0.25) is 11.1 Å². The van der Waals surface area contributed by atoms with Crippen LogP contribution in [0, 0.1) is 11.6 Å². The van der Waals surface area contributed by atoms with Gasteiger partial charge >= 0.3 is 0 Å². The summed E-state index contributed by atoms with van der Waals surface area (Å²) in [6.07, 6.45) is 0. The van der Waals surface area contributed by atoms with Gasteiger partial charge in [-0.1, -0.05) is 30.0 Å². The Bertz CT molecular complexity index is 946. The van der Waals surface area contributed by atoms with Crippen LogP contribution in [-0.4, -0.2) is 26.0 Å². The number of hydrogen-bond donors (Lipinski definition) is 2. The number of nitrogens with one attached hydrogen (secondary N) is 1. The average Bonchev–Trinajstić information content (AvgIpc) is 2.96. The summed E-state index contributed by atoms with van der Waals surface area (Å²) in [4.78, 5) is 12.3. The molecule has 0 saturated heterocycles. The number of benzene rings is 2. The van der Waals surface area contributed by atoms with Gasteiger partial charge in [0.25, 0.3) is 0 Å². The molecule has 0 spiro atoms. The van der Waals surface area contributed by atoms with E-state index in [0.29, 0.717) is 5.69 Å². The zero-order valence-electron chi connectivity index (χ0n) is 13.7. The van der Waals surface area contributed by atoms with Crippen molar-refractivity contribution in [2.75, 3.05) is 11.2 Å². The molecule has 26 heavy (non-hydrogen) atoms. The van der Waals surface area contributed by atoms with Gasteiger partial charge in [0, 0.05) is 5.69 Å². The van der Waals surface area contributed by atoms with E-state index >= 15 is 0 Å². The minimum Gasteiger partial charge on any atom is -0.335 e. The lowest BCUT2D eigenvalue weighted by atomic mass is 10.2. The van der Waals surface area contributed by atoms with Crippen molar-refractivity contribution in [2.45, 2.75) is 17.3 Å². The van der Waals surface area contributed by atoms with Crippen molar-refractivity contribution in [1.82, 2.24) is 14.9 Å². The molecule has 0 saturated carbocycles. The highest BCUT2D eigenvalue weighted by Gasteiger charge is 2.21. The second-order valence-corrected chi connectivity index (χ2v) is 6.72. The normalized spacial score (nSPS) is 12.0. The highest BCUT2D eigenvalue weighted by Crippen LogP contribution is 2.26. The lowest BCUT2D eigenvalue weighted by Gasteiger charge is -2.11. The number of nitrogens with two attached hydrogens (primary N) is 1. The molecule has 0 aliphatic carbocycles. The van der Waals surface area contributed by atoms with Gasteiger partial charge in [-0.2, -0.15) is 0 Å². The molecule has 9 heteroatoms. The van der Waals surface area contributed by atoms with Crippen molar-refractivity contribution in [3.8, 4) is 11.4 Å². The van der Waals surface area contributed by atoms with E-state index < -0.39 is 16.9 Å². The van der Waals surface area contributed by atoms with Gasteiger partial charge in [0.1, 0.15) is 11.6 Å². The minimum absolute atomic E-state index is 0.156. The van der Waals surface area contributed by atoms with Crippen molar-refractivity contribution in [3.63, 3.8) is 0 Å². The molecule has 3 N–H and O–H groups in total. The number of thioether (sulfide) groups is 1. The molecule has 0 radical (unpaired) electrons. The van der Waals surface area contributed by atoms with Gasteiger partial charge in [-0.05, 0) is 37.3 Å². The molecule has 0 aliphatic heterocycles. The van der Waals surface area contributed by atoms with Gasteiger partial charge in [-0.3, -0.25) is 4.79 Å². The lowest BCUT2D eigenvalue weighted by Crippen LogP contribution is -2.23. The number of carbonyl (C=O) groups excluding carboxylic acids is 1. The number of hydrogen-bond acceptors (Lipinski definition) is 5. The monoisotopic (exact) mass is 375 g/mol. The molecule has 1 aromatic heterocycles. The summed E-state index contributed by atoms with van der Waals surface area (Å²) >= 11 is 1.06. The van der Waals surface area contributed by atoms with Gasteiger partial charge in [0.05, 0.1) is 10.8 Å². The van der Waals surface area contributed by atoms with Crippen LogP contribution in [0.4, 0.5) is 14.5 Å². The fourth-order valence-corrected chi connectivity index (χ4v) is 2.98. The molecule has 2 aromatic carbocycles. The van der Waals surface area contributed by atoms with Crippen LogP contribution in [0.15, 0.2) is 53.7 Å². The number of carbonyl (C=O) groups is 1. The molecule has 3 rings (SSSR count). The smallest absolute Gasteiger partial charge is 0.237 e. The van der Waals surface area contributed by atoms with Crippen LogP contribution in [0.25, 0.3) is 11.4 Å². The third kappa shape index (κ3) is 3.83. The summed E-state index contributed by atoms with van der Waals surface area (Å²) in [5.74, 6) is 4.84. The van der Waals surface area contributed by atoms with Crippen LogP contribution in [0.2, 0.25) is 0 Å². The van der Waals surface area contributed by atoms with Crippen LogP contribution in [0.3, 0.4) is 0 Å². The zero-order chi connectivity index (χ0) is 18.7. The highest BCUT2D eigenvalue weighted by atomic mass is 32.2. The molecule has 3 aromatic rings. The summed E-state index contributed by atoms with van der Waals surface area (Å²) in [6.45, 7) is 1.65. The Balaban J connectivity index is 1.73. The van der Waals surface area contributed by atoms with Gasteiger partial charge in [-0.25, -0.2) is 13.5 Å². The minimum atomic E-state index is -0.585. The lowest BCUT2D eigenvalue weighted by molar-refractivity contribution is -0.115. The average molecular weight is 375 g/mol. The predicted molar refractivity (Wildman–Crippen MR) is 95.9 cm³/mol. The summed E-state index contributed by atoms with van der Waals surface area (Å²) in [5, 5.41) is 10.1. The quantitative estimate of drug-likeness (QED) is 0.529. The Labute approximate surface area is 152 Å². The Hall–Kier alpha value is -2.94. The first-order valence-electron chi connectivity index (χ1n) is 7.64. The number of halogens is 2. The molecule has 1 heterocycles. The van der Waals surface area contributed by atoms with Gasteiger partial charge in [0.15, 0.2) is 5.82 Å². The van der Waals surface area contributed by atoms with Gasteiger partial charge in [-0.15, -0.1) is 10.2 Å². The van der Waals surface area contributed by atoms with Gasteiger partial charge < -0.3 is 11.2 Å². The van der Waals surface area contributed by atoms with E-state index in [1.807, 2.05) is 0 Å². The molecule has 134 valence electrons. The molecule has 1 amide bonds. The Morgan fingerprint density at radius 3 is 2.69 bits per heavy atom. The van der Waals surface area contributed by atoms with Crippen molar-refractivity contribution in [2.24, 2.45) is 0 Å². The van der Waals surface area contributed by atoms with Crippen LogP contribution in [0.5, 0.6) is 0 Å². The standard InChI is InChI=1S/C17H15F2N5OS/c1-10(16(25)21-12-6-4-5-11(18)9-12)26-17-23-22-15(24(17)20)13-7-2-3-8-14(13)19/h2-10H,20H2,1H3,(H,21,25)/t10-/m0/s1. The third-order valence-electron chi connectivity index (χ3n) is 3.52. The third-order valence-corrected chi connectivity index (χ3v) is 4.58. The molecular weight excluding hydrogens is 360 g/mol. The second kappa shape index (κ2) is 7.52. The number of anilines is 1. The number of amides is 1. The van der Waals surface area contributed by atoms with E-state index in [9.17, 15) is 13.6 Å². The maximum absolute atomic E-state index is 13.9. The highest BCUT2D eigenvalue weighted by molar-refractivity contribution is 8.00. The topological polar surface area (TPSA) is 85.8 Å². The molecule has 0 bridgehead atoms. The Morgan fingerprint density at radius 2 is 1.96 bits per heavy atom. The summed E-state index contributed by atoms with van der Waals surface area (Å²) in [7, 11) is 0. The van der Waals surface area contributed by atoms with Crippen molar-refractivity contribution in [3.05, 3.63) is 60.2 Å². The Morgan fingerprint density at radius 1 is 1.19 bits per heavy atom. The van der Waals surface area contributed by atoms with Crippen LogP contribution >= 0.6 is 11.8 Å². The number of nitrogens with zero attached hydrogens (tertiary/aromatic N) is 3. The maximum atomic E-state index is 13.9. The molecule has 6 nitrogen and oxygen atoms in total. The largest absolute Gasteiger partial charge is 0.335 e. The van der Waals surface area contributed by atoms with Crippen molar-refractivity contribution in [1.29, 1.82) is 0 Å². The molecule has 1 atom stereocenters. The number of nitrogen functional groups attached to an aromatic ring is 1. The van der Waals surface area contributed by atoms with Crippen LogP contribution in [-0.2, 0) is 4.79 Å². The van der Waals surface area contributed by atoms with E-state index in [4.69, 9.17) is 5.84 Å². The van der Waals surface area contributed by atoms with Crippen molar-refractivity contribution < 1.29 is 13.6 Å². The zero-order valence-corrected chi connectivity index (χ0v) is 14.5. The first-order valence-corrected chi connectivity index (χ1v) is 8.52. The van der Waals surface area contributed by atoms with E-state index in [-0.39, 0.29) is 22.5 Å². The first kappa shape index (κ1) is 17.9. The second-order valence-electron chi connectivity index (χ2n) is 5.42. The summed E-state index contributed by atoms with van der Waals surface area (Å²) in [6, 6.07) is 11.6. The molecule has 0 fully saturated rings. The molecular formula is C17H15F2N5OS. The number of aromatic nitrogens is 3. The SMILES string of the molecule is C[C@H](Sc1nnc(-c2ccccc2F)n1N)C(=O)Nc1cccc(F)c1. The molecule has 0 unspecified atom stereocenters. The summed E-state index contributed by atoms with van der Waals surface area (Å²) < 4.78 is 28.2. The van der Waals surface area contributed by atoms with E-state index in [1.165, 1.54) is 30.3 Å². The van der Waals surface area contributed by atoms with Crippen LogP contribution < -0.4 is 11.2 Å². The predicted octanol–water partition coefficient (Wildman–Crippen LogP) is 3.06. The maximum Gasteiger partial charge on any atom is 0.237 e. The fraction of sp³-hybridized carbons (Fsp3) is 0.118. The first-order chi connectivity index (χ1) is 12.5. The number of rotatable bonds is 5. The summed E-state index contributed by atoms with van der Waals surface area (Å²) in [5.41, 5.74) is 0.565.